The fraction of sp³-hybridized carbons (Fsp3) is 0.417. The maximum absolute atomic E-state index is 11.7. The quantitative estimate of drug-likeness (QED) is 0.811. The summed E-state index contributed by atoms with van der Waals surface area (Å²) in [5, 5.41) is -0.662. The van der Waals surface area contributed by atoms with E-state index in [0.29, 0.717) is 6.42 Å². The molecule has 1 amide bonds. The van der Waals surface area contributed by atoms with Gasteiger partial charge in [0.25, 0.3) is 5.91 Å². The first-order valence-corrected chi connectivity index (χ1v) is 7.22. The van der Waals surface area contributed by atoms with Crippen molar-refractivity contribution in [3.63, 3.8) is 0 Å². The normalized spacial score (nSPS) is 13.3. The molecule has 1 aromatic rings. The second-order valence-corrected chi connectivity index (χ2v) is 6.59. The smallest absolute Gasteiger partial charge is 0.250 e. The summed E-state index contributed by atoms with van der Waals surface area (Å²) in [5.74, 6) is -0.674. The Morgan fingerprint density at radius 2 is 1.83 bits per heavy atom. The minimum absolute atomic E-state index is 0.306. The molecule has 0 aromatic heterocycles. The van der Waals surface area contributed by atoms with Gasteiger partial charge in [-0.3, -0.25) is 9.52 Å². The standard InChI is InChI=1S/C12H18N2O3S/c1-9(2)18(16,17)14-12(15)11(13)8-10-6-4-3-5-7-10/h3-7,9,11H,8,13H2,1-2H3,(H,14,15)/t11-/m1/s1. The number of nitrogens with one attached hydrogen (secondary N) is 1. The van der Waals surface area contributed by atoms with Crippen LogP contribution in [-0.2, 0) is 21.2 Å². The maximum atomic E-state index is 11.7. The molecular weight excluding hydrogens is 252 g/mol. The van der Waals surface area contributed by atoms with Crippen LogP contribution in [-0.4, -0.2) is 25.6 Å². The van der Waals surface area contributed by atoms with Crippen LogP contribution in [0.15, 0.2) is 30.3 Å². The van der Waals surface area contributed by atoms with E-state index in [4.69, 9.17) is 5.73 Å². The Labute approximate surface area is 107 Å². The molecule has 100 valence electrons. The molecule has 0 aliphatic rings. The van der Waals surface area contributed by atoms with Crippen LogP contribution in [0.5, 0.6) is 0 Å². The number of amides is 1. The molecule has 0 heterocycles. The van der Waals surface area contributed by atoms with Crippen LogP contribution in [0, 0.1) is 0 Å². The predicted molar refractivity (Wildman–Crippen MR) is 70.3 cm³/mol. The molecule has 3 N–H and O–H groups in total. The Bertz CT molecular complexity index is 497. The van der Waals surface area contributed by atoms with E-state index in [2.05, 4.69) is 0 Å². The van der Waals surface area contributed by atoms with Crippen molar-refractivity contribution in [2.45, 2.75) is 31.6 Å². The highest BCUT2D eigenvalue weighted by Gasteiger charge is 2.22. The summed E-state index contributed by atoms with van der Waals surface area (Å²) in [6.07, 6.45) is 0.306. The highest BCUT2D eigenvalue weighted by molar-refractivity contribution is 7.90. The highest BCUT2D eigenvalue weighted by Crippen LogP contribution is 2.03. The minimum atomic E-state index is -3.61. The van der Waals surface area contributed by atoms with E-state index in [1.165, 1.54) is 13.8 Å². The molecule has 0 aliphatic carbocycles. The van der Waals surface area contributed by atoms with Crippen LogP contribution in [0.3, 0.4) is 0 Å². The Balaban J connectivity index is 2.63. The molecule has 0 fully saturated rings. The molecule has 0 bridgehead atoms. The van der Waals surface area contributed by atoms with E-state index >= 15 is 0 Å². The molecule has 18 heavy (non-hydrogen) atoms. The Kier molecular flexibility index (Phi) is 4.86. The average Bonchev–Trinajstić information content (AvgIpc) is 2.29. The minimum Gasteiger partial charge on any atom is -0.320 e. The highest BCUT2D eigenvalue weighted by atomic mass is 32.2. The van der Waals surface area contributed by atoms with Crippen molar-refractivity contribution in [1.82, 2.24) is 4.72 Å². The fourth-order valence-electron chi connectivity index (χ4n) is 1.29. The van der Waals surface area contributed by atoms with Gasteiger partial charge in [0.15, 0.2) is 0 Å². The van der Waals surface area contributed by atoms with Crippen LogP contribution in [0.2, 0.25) is 0 Å². The first kappa shape index (κ1) is 14.7. The lowest BCUT2D eigenvalue weighted by Crippen LogP contribution is -2.46. The Hall–Kier alpha value is -1.40. The van der Waals surface area contributed by atoms with Gasteiger partial charge in [-0.05, 0) is 25.8 Å². The van der Waals surface area contributed by atoms with Crippen molar-refractivity contribution < 1.29 is 13.2 Å². The molecule has 1 atom stereocenters. The van der Waals surface area contributed by atoms with Gasteiger partial charge in [0, 0.05) is 0 Å². The van der Waals surface area contributed by atoms with Crippen molar-refractivity contribution in [2.24, 2.45) is 5.73 Å². The van der Waals surface area contributed by atoms with E-state index in [1.54, 1.807) is 0 Å². The first-order valence-electron chi connectivity index (χ1n) is 5.68. The topological polar surface area (TPSA) is 89.3 Å². The summed E-state index contributed by atoms with van der Waals surface area (Å²) in [4.78, 5) is 11.7. The molecule has 0 spiro atoms. The third kappa shape index (κ3) is 4.12. The molecule has 0 aliphatic heterocycles. The van der Waals surface area contributed by atoms with E-state index in [9.17, 15) is 13.2 Å². The molecule has 6 heteroatoms. The third-order valence-corrected chi connectivity index (χ3v) is 4.23. The summed E-state index contributed by atoms with van der Waals surface area (Å²) in [7, 11) is -3.61. The SMILES string of the molecule is CC(C)S(=O)(=O)NC(=O)[C@H](N)Cc1ccccc1. The number of carbonyl (C=O) groups excluding carboxylic acids is 1. The van der Waals surface area contributed by atoms with Gasteiger partial charge >= 0.3 is 0 Å². The number of carbonyl (C=O) groups is 1. The van der Waals surface area contributed by atoms with Crippen molar-refractivity contribution in [3.05, 3.63) is 35.9 Å². The van der Waals surface area contributed by atoms with Crippen LogP contribution in [0.1, 0.15) is 19.4 Å². The largest absolute Gasteiger partial charge is 0.320 e. The molecule has 5 nitrogen and oxygen atoms in total. The zero-order valence-electron chi connectivity index (χ0n) is 10.5. The lowest BCUT2D eigenvalue weighted by molar-refractivity contribution is -0.120. The molecule has 0 saturated heterocycles. The summed E-state index contributed by atoms with van der Waals surface area (Å²) in [6.45, 7) is 3.00. The summed E-state index contributed by atoms with van der Waals surface area (Å²) in [5.41, 5.74) is 6.57. The van der Waals surface area contributed by atoms with E-state index in [1.807, 2.05) is 35.1 Å². The van der Waals surface area contributed by atoms with Crippen molar-refractivity contribution >= 4 is 15.9 Å². The van der Waals surface area contributed by atoms with Gasteiger partial charge in [0.05, 0.1) is 11.3 Å². The number of rotatable bonds is 5. The number of benzene rings is 1. The van der Waals surface area contributed by atoms with Crippen LogP contribution in [0.25, 0.3) is 0 Å². The van der Waals surface area contributed by atoms with Crippen LogP contribution < -0.4 is 10.5 Å². The molecule has 1 rings (SSSR count). The molecule has 0 unspecified atom stereocenters. The van der Waals surface area contributed by atoms with E-state index < -0.39 is 27.2 Å². The zero-order chi connectivity index (χ0) is 13.8. The number of hydrogen-bond acceptors (Lipinski definition) is 4. The van der Waals surface area contributed by atoms with Gasteiger partial charge in [0.2, 0.25) is 10.0 Å². The van der Waals surface area contributed by atoms with Crippen LogP contribution >= 0.6 is 0 Å². The van der Waals surface area contributed by atoms with E-state index in [0.717, 1.165) is 5.56 Å². The van der Waals surface area contributed by atoms with Gasteiger partial charge in [-0.25, -0.2) is 8.42 Å². The van der Waals surface area contributed by atoms with Gasteiger partial charge in [-0.1, -0.05) is 30.3 Å². The second-order valence-electron chi connectivity index (χ2n) is 4.36. The Morgan fingerprint density at radius 1 is 1.28 bits per heavy atom. The van der Waals surface area contributed by atoms with Crippen molar-refractivity contribution in [1.29, 1.82) is 0 Å². The summed E-state index contributed by atoms with van der Waals surface area (Å²) >= 11 is 0. The summed E-state index contributed by atoms with van der Waals surface area (Å²) < 4.78 is 25.0. The van der Waals surface area contributed by atoms with Gasteiger partial charge in [-0.2, -0.15) is 0 Å². The Morgan fingerprint density at radius 3 is 2.33 bits per heavy atom. The molecule has 0 saturated carbocycles. The molecule has 1 aromatic carbocycles. The zero-order valence-corrected chi connectivity index (χ0v) is 11.3. The van der Waals surface area contributed by atoms with Gasteiger partial charge < -0.3 is 5.73 Å². The summed E-state index contributed by atoms with van der Waals surface area (Å²) in [6, 6.07) is 8.34. The monoisotopic (exact) mass is 270 g/mol. The van der Waals surface area contributed by atoms with Gasteiger partial charge in [0.1, 0.15) is 0 Å². The van der Waals surface area contributed by atoms with Crippen molar-refractivity contribution in [3.8, 4) is 0 Å². The third-order valence-electron chi connectivity index (χ3n) is 2.50. The van der Waals surface area contributed by atoms with E-state index in [-0.39, 0.29) is 0 Å². The number of hydrogen-bond donors (Lipinski definition) is 2. The van der Waals surface area contributed by atoms with Gasteiger partial charge in [-0.15, -0.1) is 0 Å². The predicted octanol–water partition coefficient (Wildman–Crippen LogP) is 0.411. The lowest BCUT2D eigenvalue weighted by atomic mass is 10.1. The fourth-order valence-corrected chi connectivity index (χ4v) is 1.96. The number of nitrogens with two attached hydrogens (primary N) is 1. The molecular formula is C12H18N2O3S. The van der Waals surface area contributed by atoms with Crippen molar-refractivity contribution in [2.75, 3.05) is 0 Å². The lowest BCUT2D eigenvalue weighted by Gasteiger charge is -2.14. The number of sulfonamides is 1. The average molecular weight is 270 g/mol. The van der Waals surface area contributed by atoms with Crippen LogP contribution in [0.4, 0.5) is 0 Å². The molecule has 0 radical (unpaired) electrons. The second kappa shape index (κ2) is 5.97. The first-order chi connectivity index (χ1) is 8.33. The maximum Gasteiger partial charge on any atom is 0.250 e.